The monoisotopic (exact) mass is 310 g/mol. The fraction of sp³-hybridized carbons (Fsp3) is 0.286. The van der Waals surface area contributed by atoms with E-state index >= 15 is 0 Å². The summed E-state index contributed by atoms with van der Waals surface area (Å²) >= 11 is 7.43. The van der Waals surface area contributed by atoms with Crippen molar-refractivity contribution in [1.29, 1.82) is 0 Å². The Morgan fingerprint density at radius 1 is 1.55 bits per heavy atom. The Bertz CT molecular complexity index is 600. The molecule has 0 aliphatic rings. The highest BCUT2D eigenvalue weighted by molar-refractivity contribution is 7.11. The van der Waals surface area contributed by atoms with Crippen molar-refractivity contribution in [2.24, 2.45) is 0 Å². The Hall–Kier alpha value is -1.59. The number of thiazole rings is 1. The van der Waals surface area contributed by atoms with Crippen LogP contribution < -0.4 is 10.1 Å². The number of aryl methyl sites for hydroxylation is 1. The molecule has 1 N–H and O–H groups in total. The minimum absolute atomic E-state index is 0.170. The van der Waals surface area contributed by atoms with Crippen molar-refractivity contribution in [1.82, 2.24) is 10.3 Å². The van der Waals surface area contributed by atoms with Crippen LogP contribution in [0.1, 0.15) is 16.8 Å². The van der Waals surface area contributed by atoms with Crippen LogP contribution in [0.3, 0.4) is 0 Å². The van der Waals surface area contributed by atoms with Gasteiger partial charge in [0.2, 0.25) is 0 Å². The van der Waals surface area contributed by atoms with Gasteiger partial charge >= 0.3 is 0 Å². The first-order chi connectivity index (χ1) is 9.54. The van der Waals surface area contributed by atoms with Gasteiger partial charge in [-0.25, -0.2) is 4.98 Å². The van der Waals surface area contributed by atoms with Crippen LogP contribution in [0.2, 0.25) is 5.02 Å². The molecule has 2 rings (SSSR count). The van der Waals surface area contributed by atoms with E-state index in [2.05, 4.69) is 10.3 Å². The van der Waals surface area contributed by atoms with Gasteiger partial charge in [0.25, 0.3) is 5.91 Å². The third kappa shape index (κ3) is 4.21. The molecule has 0 bridgehead atoms. The zero-order valence-corrected chi connectivity index (χ0v) is 12.8. The summed E-state index contributed by atoms with van der Waals surface area (Å²) in [6, 6.07) is 6.98. The van der Waals surface area contributed by atoms with E-state index in [0.717, 1.165) is 9.88 Å². The lowest BCUT2D eigenvalue weighted by molar-refractivity contribution is -0.127. The van der Waals surface area contributed by atoms with E-state index in [1.807, 2.05) is 6.92 Å². The highest BCUT2D eigenvalue weighted by Gasteiger charge is 2.14. The fourth-order valence-electron chi connectivity index (χ4n) is 1.60. The van der Waals surface area contributed by atoms with E-state index in [9.17, 15) is 4.79 Å². The van der Waals surface area contributed by atoms with Gasteiger partial charge in [-0.2, -0.15) is 0 Å². The maximum absolute atomic E-state index is 11.9. The van der Waals surface area contributed by atoms with E-state index in [1.165, 1.54) is 0 Å². The highest BCUT2D eigenvalue weighted by Crippen LogP contribution is 2.18. The predicted octanol–water partition coefficient (Wildman–Crippen LogP) is 3.19. The molecule has 0 spiro atoms. The van der Waals surface area contributed by atoms with Crippen molar-refractivity contribution < 1.29 is 9.53 Å². The predicted molar refractivity (Wildman–Crippen MR) is 80.2 cm³/mol. The second-order valence-corrected chi connectivity index (χ2v) is 6.04. The number of carbonyl (C=O) groups excluding carboxylic acids is 1. The lowest BCUT2D eigenvalue weighted by atomic mass is 10.3. The molecule has 1 unspecified atom stereocenters. The average Bonchev–Trinajstić information content (AvgIpc) is 2.81. The molecule has 0 fully saturated rings. The number of nitrogens with one attached hydrogen (secondary N) is 1. The third-order valence-electron chi connectivity index (χ3n) is 2.58. The Labute approximate surface area is 126 Å². The summed E-state index contributed by atoms with van der Waals surface area (Å²) in [5, 5.41) is 4.38. The number of carbonyl (C=O) groups is 1. The van der Waals surface area contributed by atoms with Crippen LogP contribution in [0.5, 0.6) is 5.75 Å². The number of benzene rings is 1. The summed E-state index contributed by atoms with van der Waals surface area (Å²) in [5.41, 5.74) is 0. The summed E-state index contributed by atoms with van der Waals surface area (Å²) in [7, 11) is 0. The van der Waals surface area contributed by atoms with Crippen molar-refractivity contribution >= 4 is 28.8 Å². The topological polar surface area (TPSA) is 51.2 Å². The number of amides is 1. The molecule has 0 saturated heterocycles. The van der Waals surface area contributed by atoms with Gasteiger partial charge in [0, 0.05) is 16.1 Å². The van der Waals surface area contributed by atoms with E-state index in [1.54, 1.807) is 48.7 Å². The smallest absolute Gasteiger partial charge is 0.261 e. The number of hydrogen-bond acceptors (Lipinski definition) is 4. The third-order valence-corrected chi connectivity index (χ3v) is 3.73. The maximum Gasteiger partial charge on any atom is 0.261 e. The number of hydrogen-bond donors (Lipinski definition) is 1. The van der Waals surface area contributed by atoms with Crippen LogP contribution in [0.15, 0.2) is 30.5 Å². The summed E-state index contributed by atoms with van der Waals surface area (Å²) in [5.74, 6) is 0.407. The van der Waals surface area contributed by atoms with Crippen molar-refractivity contribution in [2.75, 3.05) is 0 Å². The molecule has 2 aromatic rings. The standard InChI is InChI=1S/C14H15ClN2O2S/c1-9(19-12-5-3-4-11(15)6-12)14(18)17-8-13-7-16-10(2)20-13/h3-7,9H,8H2,1-2H3,(H,17,18). The minimum atomic E-state index is -0.581. The Balaban J connectivity index is 1.85. The molecule has 1 aromatic heterocycles. The maximum atomic E-state index is 11.9. The Kier molecular flexibility index (Phi) is 4.98. The van der Waals surface area contributed by atoms with Crippen LogP contribution in [-0.4, -0.2) is 17.0 Å². The molecule has 20 heavy (non-hydrogen) atoms. The second-order valence-electron chi connectivity index (χ2n) is 4.28. The molecule has 1 atom stereocenters. The molecule has 4 nitrogen and oxygen atoms in total. The van der Waals surface area contributed by atoms with E-state index in [0.29, 0.717) is 17.3 Å². The van der Waals surface area contributed by atoms with Gasteiger partial charge in [-0.3, -0.25) is 4.79 Å². The zero-order chi connectivity index (χ0) is 14.5. The summed E-state index contributed by atoms with van der Waals surface area (Å²) < 4.78 is 5.54. The largest absolute Gasteiger partial charge is 0.481 e. The van der Waals surface area contributed by atoms with Crippen molar-refractivity contribution in [3.63, 3.8) is 0 Å². The molecule has 0 radical (unpaired) electrons. The van der Waals surface area contributed by atoms with Crippen LogP contribution in [-0.2, 0) is 11.3 Å². The number of ether oxygens (including phenoxy) is 1. The fourth-order valence-corrected chi connectivity index (χ4v) is 2.52. The second kappa shape index (κ2) is 6.72. The molecule has 0 aliphatic carbocycles. The first kappa shape index (κ1) is 14.8. The lowest BCUT2D eigenvalue weighted by Gasteiger charge is -2.14. The summed E-state index contributed by atoms with van der Waals surface area (Å²) in [6.45, 7) is 4.10. The van der Waals surface area contributed by atoms with Crippen molar-refractivity contribution in [3.05, 3.63) is 45.4 Å². The molecule has 0 saturated carbocycles. The first-order valence-electron chi connectivity index (χ1n) is 6.16. The Morgan fingerprint density at radius 2 is 2.35 bits per heavy atom. The van der Waals surface area contributed by atoms with Crippen molar-refractivity contribution in [3.8, 4) is 5.75 Å². The van der Waals surface area contributed by atoms with Gasteiger partial charge < -0.3 is 10.1 Å². The minimum Gasteiger partial charge on any atom is -0.481 e. The van der Waals surface area contributed by atoms with E-state index < -0.39 is 6.10 Å². The van der Waals surface area contributed by atoms with Crippen LogP contribution in [0.4, 0.5) is 0 Å². The van der Waals surface area contributed by atoms with Gasteiger partial charge in [0.05, 0.1) is 11.6 Å². The van der Waals surface area contributed by atoms with Gasteiger partial charge in [-0.1, -0.05) is 17.7 Å². The van der Waals surface area contributed by atoms with E-state index in [4.69, 9.17) is 16.3 Å². The Morgan fingerprint density at radius 3 is 3.00 bits per heavy atom. The number of nitrogens with zero attached hydrogens (tertiary/aromatic N) is 1. The van der Waals surface area contributed by atoms with Crippen LogP contribution in [0.25, 0.3) is 0 Å². The summed E-state index contributed by atoms with van der Waals surface area (Å²) in [4.78, 5) is 17.1. The molecule has 1 aromatic carbocycles. The molecular formula is C14H15ClN2O2S. The van der Waals surface area contributed by atoms with Gasteiger partial charge in [0.15, 0.2) is 6.10 Å². The van der Waals surface area contributed by atoms with E-state index in [-0.39, 0.29) is 5.91 Å². The van der Waals surface area contributed by atoms with Crippen LogP contribution >= 0.6 is 22.9 Å². The SMILES string of the molecule is Cc1ncc(CNC(=O)C(C)Oc2cccc(Cl)c2)s1. The number of rotatable bonds is 5. The number of aromatic nitrogens is 1. The van der Waals surface area contributed by atoms with Gasteiger partial charge in [-0.05, 0) is 32.0 Å². The zero-order valence-electron chi connectivity index (χ0n) is 11.2. The summed E-state index contributed by atoms with van der Waals surface area (Å²) in [6.07, 6.45) is 1.19. The van der Waals surface area contributed by atoms with Gasteiger partial charge in [-0.15, -0.1) is 11.3 Å². The van der Waals surface area contributed by atoms with Crippen molar-refractivity contribution in [2.45, 2.75) is 26.5 Å². The average molecular weight is 311 g/mol. The molecule has 6 heteroatoms. The lowest BCUT2D eigenvalue weighted by Crippen LogP contribution is -2.35. The molecular weight excluding hydrogens is 296 g/mol. The molecule has 1 amide bonds. The molecule has 0 aliphatic heterocycles. The molecule has 1 heterocycles. The normalized spacial score (nSPS) is 11.9. The molecule has 106 valence electrons. The number of halogens is 1. The van der Waals surface area contributed by atoms with Crippen LogP contribution in [0, 0.1) is 6.92 Å². The quantitative estimate of drug-likeness (QED) is 0.922. The highest BCUT2D eigenvalue weighted by atomic mass is 35.5. The first-order valence-corrected chi connectivity index (χ1v) is 7.35. The van der Waals surface area contributed by atoms with Gasteiger partial charge in [0.1, 0.15) is 5.75 Å².